The Kier molecular flexibility index (Phi) is 5.05. The molecule has 1 aromatic heterocycles. The fraction of sp³-hybridized carbons (Fsp3) is 0.500. The van der Waals surface area contributed by atoms with Gasteiger partial charge in [-0.2, -0.15) is 4.31 Å². The van der Waals surface area contributed by atoms with Crippen LogP contribution in [-0.4, -0.2) is 30.8 Å². The van der Waals surface area contributed by atoms with E-state index in [0.29, 0.717) is 10.8 Å². The maximum Gasteiger partial charge on any atom is 0.252 e. The van der Waals surface area contributed by atoms with Crippen LogP contribution in [0.1, 0.15) is 18.7 Å². The van der Waals surface area contributed by atoms with Crippen LogP contribution in [0.3, 0.4) is 0 Å². The average Bonchev–Trinajstić information content (AvgIpc) is 2.74. The molecule has 0 saturated carbocycles. The monoisotopic (exact) mass is 292 g/mol. The third kappa shape index (κ3) is 3.48. The first-order valence-corrected chi connectivity index (χ1v) is 7.95. The first kappa shape index (κ1) is 14.6. The minimum absolute atomic E-state index is 0.0908. The van der Waals surface area contributed by atoms with E-state index in [1.807, 2.05) is 13.0 Å². The van der Waals surface area contributed by atoms with E-state index in [1.165, 1.54) is 15.6 Å². The minimum atomic E-state index is -3.45. The molecule has 0 fully saturated rings. The predicted octanol–water partition coefficient (Wildman–Crippen LogP) is 1.61. The summed E-state index contributed by atoms with van der Waals surface area (Å²) < 4.78 is 26.1. The molecule has 0 bridgehead atoms. The van der Waals surface area contributed by atoms with Gasteiger partial charge in [0.2, 0.25) is 0 Å². The Bertz CT molecular complexity index is 493. The SMILES string of the molecule is CCc1ccc(S(=O)(=O)N(CC)CC(N)=S)s1. The van der Waals surface area contributed by atoms with Crippen molar-refractivity contribution in [3.63, 3.8) is 0 Å². The molecule has 7 heteroatoms. The van der Waals surface area contributed by atoms with E-state index in [0.717, 1.165) is 11.3 Å². The van der Waals surface area contributed by atoms with Gasteiger partial charge in [0, 0.05) is 11.4 Å². The van der Waals surface area contributed by atoms with Crippen molar-refractivity contribution in [2.75, 3.05) is 13.1 Å². The van der Waals surface area contributed by atoms with Gasteiger partial charge in [0.1, 0.15) is 4.21 Å². The number of nitrogens with zero attached hydrogens (tertiary/aromatic N) is 1. The third-order valence-electron chi connectivity index (χ3n) is 2.26. The molecular formula is C10H16N2O2S3. The van der Waals surface area contributed by atoms with Crippen molar-refractivity contribution in [3.8, 4) is 0 Å². The van der Waals surface area contributed by atoms with Gasteiger partial charge < -0.3 is 5.73 Å². The molecule has 1 rings (SSSR count). The van der Waals surface area contributed by atoms with Gasteiger partial charge in [-0.1, -0.05) is 26.1 Å². The summed E-state index contributed by atoms with van der Waals surface area (Å²) in [6.07, 6.45) is 0.835. The molecule has 1 aromatic rings. The minimum Gasteiger partial charge on any atom is -0.392 e. The Labute approximate surface area is 111 Å². The topological polar surface area (TPSA) is 63.4 Å². The number of nitrogens with two attached hydrogens (primary N) is 1. The summed E-state index contributed by atoms with van der Waals surface area (Å²) in [5.41, 5.74) is 5.40. The number of thiocarbonyl (C=S) groups is 1. The van der Waals surface area contributed by atoms with Gasteiger partial charge in [-0.3, -0.25) is 0 Å². The van der Waals surface area contributed by atoms with Crippen LogP contribution in [0.4, 0.5) is 0 Å². The fourth-order valence-electron chi connectivity index (χ4n) is 1.35. The molecule has 0 aliphatic carbocycles. The van der Waals surface area contributed by atoms with Crippen molar-refractivity contribution in [2.45, 2.75) is 24.5 Å². The zero-order chi connectivity index (χ0) is 13.1. The molecule has 0 aliphatic heterocycles. The zero-order valence-electron chi connectivity index (χ0n) is 9.84. The maximum atomic E-state index is 12.2. The second-order valence-corrected chi connectivity index (χ2v) is 7.33. The highest BCUT2D eigenvalue weighted by molar-refractivity contribution is 7.91. The largest absolute Gasteiger partial charge is 0.392 e. The van der Waals surface area contributed by atoms with Gasteiger partial charge in [-0.05, 0) is 18.6 Å². The molecule has 96 valence electrons. The molecule has 0 aliphatic rings. The highest BCUT2D eigenvalue weighted by Crippen LogP contribution is 2.25. The van der Waals surface area contributed by atoms with Gasteiger partial charge in [-0.25, -0.2) is 8.42 Å². The third-order valence-corrected chi connectivity index (χ3v) is 6.01. The molecule has 0 unspecified atom stereocenters. The van der Waals surface area contributed by atoms with E-state index < -0.39 is 10.0 Å². The number of sulfonamides is 1. The van der Waals surface area contributed by atoms with Crippen LogP contribution in [-0.2, 0) is 16.4 Å². The molecule has 4 nitrogen and oxygen atoms in total. The van der Waals surface area contributed by atoms with Crippen LogP contribution in [0.2, 0.25) is 0 Å². The molecule has 0 aromatic carbocycles. The number of rotatable bonds is 6. The number of hydrogen-bond acceptors (Lipinski definition) is 4. The van der Waals surface area contributed by atoms with Crippen molar-refractivity contribution in [1.29, 1.82) is 0 Å². The van der Waals surface area contributed by atoms with Crippen molar-refractivity contribution in [1.82, 2.24) is 4.31 Å². The summed E-state index contributed by atoms with van der Waals surface area (Å²) in [6.45, 7) is 4.21. The molecule has 0 amide bonds. The highest BCUT2D eigenvalue weighted by atomic mass is 32.2. The second kappa shape index (κ2) is 5.90. The van der Waals surface area contributed by atoms with Crippen molar-refractivity contribution in [3.05, 3.63) is 17.0 Å². The van der Waals surface area contributed by atoms with Crippen molar-refractivity contribution < 1.29 is 8.42 Å². The molecule has 17 heavy (non-hydrogen) atoms. The van der Waals surface area contributed by atoms with Crippen LogP contribution >= 0.6 is 23.6 Å². The fourth-order valence-corrected chi connectivity index (χ4v) is 4.47. The van der Waals surface area contributed by atoms with Crippen LogP contribution in [0.15, 0.2) is 16.3 Å². The predicted molar refractivity (Wildman–Crippen MR) is 74.9 cm³/mol. The van der Waals surface area contributed by atoms with E-state index >= 15 is 0 Å². The normalized spacial score (nSPS) is 11.9. The lowest BCUT2D eigenvalue weighted by Gasteiger charge is -2.18. The van der Waals surface area contributed by atoms with Crippen molar-refractivity contribution >= 4 is 38.6 Å². The molecular weight excluding hydrogens is 276 g/mol. The number of hydrogen-bond donors (Lipinski definition) is 1. The first-order chi connectivity index (χ1) is 7.91. The van der Waals surface area contributed by atoms with Crippen LogP contribution < -0.4 is 5.73 Å². The van der Waals surface area contributed by atoms with Crippen molar-refractivity contribution in [2.24, 2.45) is 5.73 Å². The zero-order valence-corrected chi connectivity index (χ0v) is 12.3. The Balaban J connectivity index is 3.03. The average molecular weight is 292 g/mol. The van der Waals surface area contributed by atoms with E-state index in [-0.39, 0.29) is 11.5 Å². The lowest BCUT2D eigenvalue weighted by Crippen LogP contribution is -2.37. The van der Waals surface area contributed by atoms with Gasteiger partial charge in [0.05, 0.1) is 11.5 Å². The summed E-state index contributed by atoms with van der Waals surface area (Å²) in [4.78, 5) is 1.23. The summed E-state index contributed by atoms with van der Waals surface area (Å²) in [7, 11) is -3.45. The second-order valence-electron chi connectivity index (χ2n) is 3.47. The number of thiophene rings is 1. The van der Waals surface area contributed by atoms with Gasteiger partial charge >= 0.3 is 0 Å². The summed E-state index contributed by atoms with van der Waals surface area (Å²) in [5.74, 6) is 0. The van der Waals surface area contributed by atoms with Crippen LogP contribution in [0.5, 0.6) is 0 Å². The quantitative estimate of drug-likeness (QED) is 0.809. The Hall–Kier alpha value is -0.500. The molecule has 0 atom stereocenters. The van der Waals surface area contributed by atoms with E-state index in [2.05, 4.69) is 0 Å². The summed E-state index contributed by atoms with van der Waals surface area (Å²) in [5, 5.41) is 0. The van der Waals surface area contributed by atoms with E-state index in [9.17, 15) is 8.42 Å². The molecule has 0 spiro atoms. The van der Waals surface area contributed by atoms with Gasteiger partial charge in [-0.15, -0.1) is 11.3 Å². The molecule has 2 N–H and O–H groups in total. The van der Waals surface area contributed by atoms with Gasteiger partial charge in [0.25, 0.3) is 10.0 Å². The van der Waals surface area contributed by atoms with E-state index in [4.69, 9.17) is 18.0 Å². The summed E-state index contributed by atoms with van der Waals surface area (Å²) >= 11 is 6.06. The van der Waals surface area contributed by atoms with E-state index in [1.54, 1.807) is 13.0 Å². The highest BCUT2D eigenvalue weighted by Gasteiger charge is 2.25. The number of aryl methyl sites for hydroxylation is 1. The summed E-state index contributed by atoms with van der Waals surface area (Å²) in [6, 6.07) is 3.48. The molecule has 1 heterocycles. The Morgan fingerprint density at radius 3 is 2.53 bits per heavy atom. The number of likely N-dealkylation sites (N-methyl/N-ethyl adjacent to an activating group) is 1. The first-order valence-electron chi connectivity index (χ1n) is 5.29. The Morgan fingerprint density at radius 1 is 1.47 bits per heavy atom. The van der Waals surface area contributed by atoms with Crippen LogP contribution in [0, 0.1) is 0 Å². The van der Waals surface area contributed by atoms with Gasteiger partial charge in [0.15, 0.2) is 0 Å². The lowest BCUT2D eigenvalue weighted by molar-refractivity contribution is 0.469. The smallest absolute Gasteiger partial charge is 0.252 e. The van der Waals surface area contributed by atoms with Crippen LogP contribution in [0.25, 0.3) is 0 Å². The molecule has 0 saturated heterocycles. The standard InChI is InChI=1S/C10H16N2O2S3/c1-3-8-5-6-10(16-8)17(13,14)12(4-2)7-9(11)15/h5-6H,3-4,7H2,1-2H3,(H2,11,15). The Morgan fingerprint density at radius 2 is 2.12 bits per heavy atom. The molecule has 0 radical (unpaired) electrons. The lowest BCUT2D eigenvalue weighted by atomic mass is 10.4. The maximum absolute atomic E-state index is 12.2.